The van der Waals surface area contributed by atoms with Crippen molar-refractivity contribution in [1.82, 2.24) is 4.90 Å². The van der Waals surface area contributed by atoms with Crippen LogP contribution in [0, 0.1) is 0 Å². The van der Waals surface area contributed by atoms with Gasteiger partial charge in [0.25, 0.3) is 0 Å². The summed E-state index contributed by atoms with van der Waals surface area (Å²) in [5, 5.41) is 8.89. The zero-order valence-corrected chi connectivity index (χ0v) is 7.92. The largest absolute Gasteiger partial charge is 0.478 e. The van der Waals surface area contributed by atoms with E-state index in [0.717, 1.165) is 25.9 Å². The van der Waals surface area contributed by atoms with Gasteiger partial charge < -0.3 is 5.11 Å². The number of rotatable bonds is 1. The lowest BCUT2D eigenvalue weighted by molar-refractivity contribution is -0.132. The fourth-order valence-corrected chi connectivity index (χ4v) is 2.49. The zero-order valence-electron chi connectivity index (χ0n) is 7.92. The fourth-order valence-electron chi connectivity index (χ4n) is 2.49. The number of carbonyl (C=O) groups is 1. The van der Waals surface area contributed by atoms with E-state index >= 15 is 0 Å². The second-order valence-electron chi connectivity index (χ2n) is 3.90. The summed E-state index contributed by atoms with van der Waals surface area (Å²) in [5.74, 6) is -0.747. The highest BCUT2D eigenvalue weighted by atomic mass is 16.4. The van der Waals surface area contributed by atoms with Crippen LogP contribution in [0.1, 0.15) is 26.2 Å². The molecule has 2 aliphatic rings. The van der Waals surface area contributed by atoms with Gasteiger partial charge in [0.1, 0.15) is 0 Å². The number of nitrogens with zero attached hydrogens (tertiary/aromatic N) is 1. The van der Waals surface area contributed by atoms with E-state index in [9.17, 15) is 4.79 Å². The standard InChI is InChI=1S/C10H15NO2/c1-7(10(12)13)8-4-6-11-5-2-3-9(8)11/h9H,2-6H2,1H3,(H,12,13). The molecule has 2 heterocycles. The summed E-state index contributed by atoms with van der Waals surface area (Å²) in [4.78, 5) is 13.2. The topological polar surface area (TPSA) is 40.5 Å². The van der Waals surface area contributed by atoms with Crippen molar-refractivity contribution in [1.29, 1.82) is 0 Å². The summed E-state index contributed by atoms with van der Waals surface area (Å²) in [7, 11) is 0. The van der Waals surface area contributed by atoms with E-state index < -0.39 is 5.97 Å². The van der Waals surface area contributed by atoms with Gasteiger partial charge >= 0.3 is 5.97 Å². The zero-order chi connectivity index (χ0) is 9.42. The molecule has 0 saturated carbocycles. The average molecular weight is 181 g/mol. The van der Waals surface area contributed by atoms with Crippen LogP contribution in [-0.4, -0.2) is 35.1 Å². The molecular formula is C10H15NO2. The molecule has 0 aromatic heterocycles. The fraction of sp³-hybridized carbons (Fsp3) is 0.700. The first kappa shape index (κ1) is 8.75. The lowest BCUT2D eigenvalue weighted by atomic mass is 10.0. The normalized spacial score (nSPS) is 31.9. The first-order valence-corrected chi connectivity index (χ1v) is 4.87. The first-order chi connectivity index (χ1) is 6.20. The lowest BCUT2D eigenvalue weighted by Crippen LogP contribution is -2.23. The number of carboxylic acid groups (broad SMARTS) is 1. The molecule has 0 radical (unpaired) electrons. The SMILES string of the molecule is CC(C(=O)O)=C1CCN2CCCC12. The Balaban J connectivity index is 2.25. The van der Waals surface area contributed by atoms with E-state index in [1.54, 1.807) is 6.92 Å². The Morgan fingerprint density at radius 1 is 1.54 bits per heavy atom. The summed E-state index contributed by atoms with van der Waals surface area (Å²) < 4.78 is 0. The quantitative estimate of drug-likeness (QED) is 0.619. The van der Waals surface area contributed by atoms with Crippen LogP contribution in [0.15, 0.2) is 11.1 Å². The Morgan fingerprint density at radius 3 is 3.00 bits per heavy atom. The summed E-state index contributed by atoms with van der Waals surface area (Å²) in [6.45, 7) is 3.95. The molecule has 2 saturated heterocycles. The molecule has 0 aromatic rings. The number of hydrogen-bond donors (Lipinski definition) is 1. The molecule has 0 aromatic carbocycles. The Hall–Kier alpha value is -0.830. The monoisotopic (exact) mass is 181 g/mol. The van der Waals surface area contributed by atoms with Crippen molar-refractivity contribution in [2.24, 2.45) is 0 Å². The maximum absolute atomic E-state index is 10.8. The first-order valence-electron chi connectivity index (χ1n) is 4.87. The molecule has 2 fully saturated rings. The van der Waals surface area contributed by atoms with Crippen LogP contribution in [0.4, 0.5) is 0 Å². The van der Waals surface area contributed by atoms with E-state index in [2.05, 4.69) is 4.90 Å². The van der Waals surface area contributed by atoms with Crippen LogP contribution in [0.25, 0.3) is 0 Å². The van der Waals surface area contributed by atoms with Crippen molar-refractivity contribution in [2.75, 3.05) is 13.1 Å². The minimum atomic E-state index is -0.747. The highest BCUT2D eigenvalue weighted by molar-refractivity contribution is 5.87. The van der Waals surface area contributed by atoms with Crippen LogP contribution >= 0.6 is 0 Å². The smallest absolute Gasteiger partial charge is 0.331 e. The third-order valence-corrected chi connectivity index (χ3v) is 3.24. The summed E-state index contributed by atoms with van der Waals surface area (Å²) in [6.07, 6.45) is 3.34. The van der Waals surface area contributed by atoms with E-state index in [-0.39, 0.29) is 0 Å². The van der Waals surface area contributed by atoms with Gasteiger partial charge in [-0.15, -0.1) is 0 Å². The molecule has 2 aliphatic heterocycles. The Bertz CT molecular complexity index is 270. The molecule has 0 spiro atoms. The number of carboxylic acids is 1. The average Bonchev–Trinajstić information content (AvgIpc) is 2.61. The van der Waals surface area contributed by atoms with Gasteiger partial charge in [-0.1, -0.05) is 0 Å². The van der Waals surface area contributed by atoms with Crippen molar-refractivity contribution in [3.05, 3.63) is 11.1 Å². The van der Waals surface area contributed by atoms with Gasteiger partial charge in [-0.05, 0) is 38.3 Å². The predicted molar refractivity (Wildman–Crippen MR) is 49.5 cm³/mol. The molecule has 0 amide bonds. The van der Waals surface area contributed by atoms with Gasteiger partial charge in [0.05, 0.1) is 0 Å². The highest BCUT2D eigenvalue weighted by Crippen LogP contribution is 2.33. The summed E-state index contributed by atoms with van der Waals surface area (Å²) >= 11 is 0. The molecule has 3 nitrogen and oxygen atoms in total. The van der Waals surface area contributed by atoms with Crippen LogP contribution in [0.5, 0.6) is 0 Å². The third kappa shape index (κ3) is 1.37. The van der Waals surface area contributed by atoms with Crippen molar-refractivity contribution in [2.45, 2.75) is 32.2 Å². The minimum Gasteiger partial charge on any atom is -0.478 e. The Kier molecular flexibility index (Phi) is 2.12. The van der Waals surface area contributed by atoms with Gasteiger partial charge in [0.15, 0.2) is 0 Å². The molecule has 3 heteroatoms. The van der Waals surface area contributed by atoms with Gasteiger partial charge in [0, 0.05) is 18.2 Å². The Morgan fingerprint density at radius 2 is 2.31 bits per heavy atom. The van der Waals surface area contributed by atoms with Crippen molar-refractivity contribution in [3.8, 4) is 0 Å². The van der Waals surface area contributed by atoms with Gasteiger partial charge in [-0.2, -0.15) is 0 Å². The molecule has 72 valence electrons. The maximum Gasteiger partial charge on any atom is 0.331 e. The summed E-state index contributed by atoms with van der Waals surface area (Å²) in [6, 6.07) is 0.455. The van der Waals surface area contributed by atoms with Crippen molar-refractivity contribution >= 4 is 5.97 Å². The number of hydrogen-bond acceptors (Lipinski definition) is 2. The van der Waals surface area contributed by atoms with Gasteiger partial charge in [-0.3, -0.25) is 4.90 Å². The predicted octanol–water partition coefficient (Wildman–Crippen LogP) is 1.26. The van der Waals surface area contributed by atoms with Crippen molar-refractivity contribution < 1.29 is 9.90 Å². The molecule has 1 unspecified atom stereocenters. The highest BCUT2D eigenvalue weighted by Gasteiger charge is 2.34. The molecule has 1 atom stereocenters. The lowest BCUT2D eigenvalue weighted by Gasteiger charge is -2.15. The van der Waals surface area contributed by atoms with E-state index in [0.29, 0.717) is 11.6 Å². The number of aliphatic carboxylic acids is 1. The van der Waals surface area contributed by atoms with E-state index in [4.69, 9.17) is 5.11 Å². The van der Waals surface area contributed by atoms with E-state index in [1.165, 1.54) is 12.0 Å². The molecule has 2 rings (SSSR count). The second kappa shape index (κ2) is 3.14. The molecular weight excluding hydrogens is 166 g/mol. The molecule has 0 aliphatic carbocycles. The molecule has 1 N–H and O–H groups in total. The van der Waals surface area contributed by atoms with Crippen LogP contribution < -0.4 is 0 Å². The van der Waals surface area contributed by atoms with Crippen molar-refractivity contribution in [3.63, 3.8) is 0 Å². The van der Waals surface area contributed by atoms with Gasteiger partial charge in [0.2, 0.25) is 0 Å². The number of fused-ring (bicyclic) bond motifs is 1. The second-order valence-corrected chi connectivity index (χ2v) is 3.90. The summed E-state index contributed by atoms with van der Waals surface area (Å²) in [5.41, 5.74) is 1.75. The van der Waals surface area contributed by atoms with E-state index in [1.807, 2.05) is 0 Å². The van der Waals surface area contributed by atoms with Crippen LogP contribution in [0.2, 0.25) is 0 Å². The molecule has 13 heavy (non-hydrogen) atoms. The van der Waals surface area contributed by atoms with Crippen LogP contribution in [-0.2, 0) is 4.79 Å². The third-order valence-electron chi connectivity index (χ3n) is 3.24. The minimum absolute atomic E-state index is 0.455. The van der Waals surface area contributed by atoms with Crippen LogP contribution in [0.3, 0.4) is 0 Å². The van der Waals surface area contributed by atoms with Gasteiger partial charge in [-0.25, -0.2) is 4.79 Å². The maximum atomic E-state index is 10.8. The molecule has 0 bridgehead atoms. The Labute approximate surface area is 78.0 Å².